The molecule has 2 aliphatic rings. The molecule has 2 N–H and O–H groups in total. The zero-order valence-corrected chi connectivity index (χ0v) is 14.3. The van der Waals surface area contributed by atoms with Gasteiger partial charge in [0.15, 0.2) is 0 Å². The molecule has 2 aromatic rings. The van der Waals surface area contributed by atoms with Crippen molar-refractivity contribution in [2.45, 2.75) is 25.4 Å². The Balaban J connectivity index is 1.50. The number of likely N-dealkylation sites (tertiary alicyclic amines) is 1. The van der Waals surface area contributed by atoms with Gasteiger partial charge in [-0.05, 0) is 54.3 Å². The van der Waals surface area contributed by atoms with Gasteiger partial charge in [0.05, 0.1) is 7.11 Å². The number of methoxy groups -OCH3 is 1. The van der Waals surface area contributed by atoms with E-state index in [2.05, 4.69) is 16.3 Å². The third kappa shape index (κ3) is 2.96. The number of phenolic OH excluding ortho intramolecular Hbond substituents is 1. The predicted octanol–water partition coefficient (Wildman–Crippen LogP) is 2.63. The number of carbonyl (C=O) groups is 1. The van der Waals surface area contributed by atoms with Crippen LogP contribution in [0.3, 0.4) is 0 Å². The van der Waals surface area contributed by atoms with Crippen LogP contribution in [0.5, 0.6) is 11.5 Å². The van der Waals surface area contributed by atoms with E-state index in [9.17, 15) is 9.90 Å². The molecule has 5 nitrogen and oxygen atoms in total. The Kier molecular flexibility index (Phi) is 4.09. The Labute approximate surface area is 147 Å². The summed E-state index contributed by atoms with van der Waals surface area (Å²) in [7, 11) is 1.63. The molecule has 1 unspecified atom stereocenters. The molecule has 25 heavy (non-hydrogen) atoms. The Bertz CT molecular complexity index is 819. The van der Waals surface area contributed by atoms with Crippen molar-refractivity contribution >= 4 is 5.91 Å². The van der Waals surface area contributed by atoms with Crippen molar-refractivity contribution in [2.24, 2.45) is 0 Å². The van der Waals surface area contributed by atoms with E-state index in [1.807, 2.05) is 18.2 Å². The lowest BCUT2D eigenvalue weighted by atomic mass is 9.91. The van der Waals surface area contributed by atoms with Crippen molar-refractivity contribution < 1.29 is 14.6 Å². The first-order valence-corrected chi connectivity index (χ1v) is 8.64. The molecule has 5 heteroatoms. The lowest BCUT2D eigenvalue weighted by Crippen LogP contribution is -2.20. The van der Waals surface area contributed by atoms with E-state index in [4.69, 9.17) is 4.74 Å². The average molecular weight is 338 g/mol. The SMILES string of the molecule is COc1ccc(O)c(CN2CCC(c3cccc4c3CNC4=O)C2)c1. The Morgan fingerprint density at radius 2 is 2.20 bits per heavy atom. The van der Waals surface area contributed by atoms with E-state index in [0.717, 1.165) is 42.0 Å². The molecule has 4 rings (SSSR count). The van der Waals surface area contributed by atoms with Gasteiger partial charge < -0.3 is 15.2 Å². The van der Waals surface area contributed by atoms with Crippen LogP contribution in [-0.2, 0) is 13.1 Å². The van der Waals surface area contributed by atoms with Crippen LogP contribution < -0.4 is 10.1 Å². The minimum atomic E-state index is 0.0352. The standard InChI is InChI=1S/C20H22N2O3/c1-25-15-5-6-19(23)14(9-15)12-22-8-7-13(11-22)16-3-2-4-17-18(16)10-21-20(17)24/h2-6,9,13,23H,7-8,10-12H2,1H3,(H,21,24). The highest BCUT2D eigenvalue weighted by Crippen LogP contribution is 2.34. The summed E-state index contributed by atoms with van der Waals surface area (Å²) in [5.74, 6) is 1.53. The van der Waals surface area contributed by atoms with Crippen molar-refractivity contribution in [3.05, 3.63) is 58.7 Å². The van der Waals surface area contributed by atoms with Crippen LogP contribution in [0.15, 0.2) is 36.4 Å². The summed E-state index contributed by atoms with van der Waals surface area (Å²) in [5.41, 5.74) is 4.15. The molecule has 0 aliphatic carbocycles. The zero-order valence-electron chi connectivity index (χ0n) is 14.3. The number of rotatable bonds is 4. The molecule has 2 heterocycles. The largest absolute Gasteiger partial charge is 0.508 e. The van der Waals surface area contributed by atoms with Gasteiger partial charge in [-0.3, -0.25) is 9.69 Å². The number of nitrogens with zero attached hydrogens (tertiary/aromatic N) is 1. The Morgan fingerprint density at radius 3 is 3.04 bits per heavy atom. The molecule has 1 fully saturated rings. The molecule has 1 atom stereocenters. The van der Waals surface area contributed by atoms with Gasteiger partial charge >= 0.3 is 0 Å². The second-order valence-electron chi connectivity index (χ2n) is 6.77. The van der Waals surface area contributed by atoms with Gasteiger partial charge in [-0.2, -0.15) is 0 Å². The average Bonchev–Trinajstić information content (AvgIpc) is 3.24. The summed E-state index contributed by atoms with van der Waals surface area (Å²) < 4.78 is 5.26. The zero-order chi connectivity index (χ0) is 17.4. The van der Waals surface area contributed by atoms with Gasteiger partial charge in [0.25, 0.3) is 5.91 Å². The highest BCUT2D eigenvalue weighted by Gasteiger charge is 2.29. The summed E-state index contributed by atoms with van der Waals surface area (Å²) in [6, 6.07) is 11.4. The molecule has 0 saturated carbocycles. The van der Waals surface area contributed by atoms with Gasteiger partial charge in [-0.15, -0.1) is 0 Å². The highest BCUT2D eigenvalue weighted by atomic mass is 16.5. The number of benzene rings is 2. The molecule has 0 spiro atoms. The van der Waals surface area contributed by atoms with Crippen LogP contribution in [0.2, 0.25) is 0 Å². The molecule has 2 aliphatic heterocycles. The first-order valence-electron chi connectivity index (χ1n) is 8.64. The molecule has 0 radical (unpaired) electrons. The smallest absolute Gasteiger partial charge is 0.251 e. The number of ether oxygens (including phenoxy) is 1. The maximum atomic E-state index is 11.9. The second-order valence-corrected chi connectivity index (χ2v) is 6.77. The maximum Gasteiger partial charge on any atom is 0.251 e. The summed E-state index contributed by atoms with van der Waals surface area (Å²) in [6.07, 6.45) is 1.06. The summed E-state index contributed by atoms with van der Waals surface area (Å²) >= 11 is 0. The molecular formula is C20H22N2O3. The van der Waals surface area contributed by atoms with Gasteiger partial charge in [-0.25, -0.2) is 0 Å². The number of carbonyl (C=O) groups excluding carboxylic acids is 1. The normalized spacial score (nSPS) is 19.7. The van der Waals surface area contributed by atoms with Crippen LogP contribution in [0, 0.1) is 0 Å². The summed E-state index contributed by atoms with van der Waals surface area (Å²) in [6.45, 7) is 3.25. The van der Waals surface area contributed by atoms with Crippen molar-refractivity contribution in [1.82, 2.24) is 10.2 Å². The van der Waals surface area contributed by atoms with E-state index < -0.39 is 0 Å². The number of amides is 1. The lowest BCUT2D eigenvalue weighted by molar-refractivity contribution is 0.0965. The number of nitrogens with one attached hydrogen (secondary N) is 1. The maximum absolute atomic E-state index is 11.9. The molecule has 2 aromatic carbocycles. The van der Waals surface area contributed by atoms with E-state index in [-0.39, 0.29) is 5.91 Å². The second kappa shape index (κ2) is 6.41. The molecule has 130 valence electrons. The topological polar surface area (TPSA) is 61.8 Å². The van der Waals surface area contributed by atoms with Gasteiger partial charge in [0.2, 0.25) is 0 Å². The first kappa shape index (κ1) is 16.0. The third-order valence-electron chi connectivity index (χ3n) is 5.28. The highest BCUT2D eigenvalue weighted by molar-refractivity contribution is 5.98. The van der Waals surface area contributed by atoms with Crippen LogP contribution in [0.25, 0.3) is 0 Å². The number of hydrogen-bond acceptors (Lipinski definition) is 4. The van der Waals surface area contributed by atoms with Gasteiger partial charge in [-0.1, -0.05) is 12.1 Å². The summed E-state index contributed by atoms with van der Waals surface area (Å²) in [4.78, 5) is 14.2. The number of phenols is 1. The third-order valence-corrected chi connectivity index (χ3v) is 5.28. The van der Waals surface area contributed by atoms with Crippen LogP contribution in [-0.4, -0.2) is 36.1 Å². The van der Waals surface area contributed by atoms with Gasteiger partial charge in [0.1, 0.15) is 11.5 Å². The van der Waals surface area contributed by atoms with Crippen LogP contribution >= 0.6 is 0 Å². The molecule has 1 saturated heterocycles. The first-order chi connectivity index (χ1) is 12.2. The van der Waals surface area contributed by atoms with Crippen molar-refractivity contribution in [2.75, 3.05) is 20.2 Å². The summed E-state index contributed by atoms with van der Waals surface area (Å²) in [5, 5.41) is 13.0. The van der Waals surface area contributed by atoms with E-state index >= 15 is 0 Å². The monoisotopic (exact) mass is 338 g/mol. The van der Waals surface area contributed by atoms with Gasteiger partial charge in [0, 0.05) is 30.8 Å². The molecule has 1 amide bonds. The molecule has 0 aromatic heterocycles. The fourth-order valence-electron chi connectivity index (χ4n) is 3.95. The van der Waals surface area contributed by atoms with E-state index in [1.54, 1.807) is 19.2 Å². The number of aromatic hydroxyl groups is 1. The number of fused-ring (bicyclic) bond motifs is 1. The molecule has 0 bridgehead atoms. The number of hydrogen-bond donors (Lipinski definition) is 2. The lowest BCUT2D eigenvalue weighted by Gasteiger charge is -2.18. The fourth-order valence-corrected chi connectivity index (χ4v) is 3.95. The van der Waals surface area contributed by atoms with Crippen molar-refractivity contribution in [3.8, 4) is 11.5 Å². The van der Waals surface area contributed by atoms with Crippen molar-refractivity contribution in [3.63, 3.8) is 0 Å². The fraction of sp³-hybridized carbons (Fsp3) is 0.350. The quantitative estimate of drug-likeness (QED) is 0.900. The Hall–Kier alpha value is -2.53. The Morgan fingerprint density at radius 1 is 1.32 bits per heavy atom. The van der Waals surface area contributed by atoms with Crippen LogP contribution in [0.1, 0.15) is 39.4 Å². The molecular weight excluding hydrogens is 316 g/mol. The predicted molar refractivity (Wildman–Crippen MR) is 94.9 cm³/mol. The van der Waals surface area contributed by atoms with Crippen LogP contribution in [0.4, 0.5) is 0 Å². The van der Waals surface area contributed by atoms with E-state index in [0.29, 0.717) is 24.8 Å². The minimum absolute atomic E-state index is 0.0352. The minimum Gasteiger partial charge on any atom is -0.508 e. The van der Waals surface area contributed by atoms with Crippen molar-refractivity contribution in [1.29, 1.82) is 0 Å². The van der Waals surface area contributed by atoms with E-state index in [1.165, 1.54) is 5.56 Å².